The van der Waals surface area contributed by atoms with Gasteiger partial charge >= 0.3 is 0 Å². The zero-order valence-corrected chi connectivity index (χ0v) is 9.43. The van der Waals surface area contributed by atoms with Gasteiger partial charge in [0.05, 0.1) is 17.2 Å². The first kappa shape index (κ1) is 10.4. The molecule has 0 aliphatic rings. The van der Waals surface area contributed by atoms with Crippen LogP contribution in [0.2, 0.25) is 10.0 Å². The van der Waals surface area contributed by atoms with E-state index in [0.29, 0.717) is 21.2 Å². The molecule has 0 aliphatic carbocycles. The van der Waals surface area contributed by atoms with Crippen LogP contribution in [-0.2, 0) is 0 Å². The Morgan fingerprint density at radius 1 is 1.00 bits per heavy atom. The molecule has 0 bridgehead atoms. The highest BCUT2D eigenvalue weighted by Gasteiger charge is 2.10. The van der Waals surface area contributed by atoms with Crippen LogP contribution in [-0.4, -0.2) is 12.2 Å². The molecule has 0 saturated heterocycles. The molecule has 0 amide bonds. The van der Waals surface area contributed by atoms with Crippen molar-refractivity contribution < 1.29 is 9.84 Å². The molecule has 0 aromatic heterocycles. The molecule has 0 atom stereocenters. The lowest BCUT2D eigenvalue weighted by atomic mass is 10.1. The van der Waals surface area contributed by atoms with Crippen molar-refractivity contribution in [3.05, 3.63) is 34.3 Å². The van der Waals surface area contributed by atoms with Crippen molar-refractivity contribution in [1.82, 2.24) is 0 Å². The first-order valence-corrected chi connectivity index (χ1v) is 5.04. The average Bonchev–Trinajstić information content (AvgIpc) is 2.24. The fourth-order valence-electron chi connectivity index (χ4n) is 1.46. The van der Waals surface area contributed by atoms with E-state index in [1.54, 1.807) is 25.3 Å². The van der Waals surface area contributed by atoms with E-state index in [9.17, 15) is 5.11 Å². The Hall–Kier alpha value is -1.12. The van der Waals surface area contributed by atoms with Crippen LogP contribution >= 0.6 is 23.2 Å². The molecular weight excluding hydrogens is 235 g/mol. The summed E-state index contributed by atoms with van der Waals surface area (Å²) in [5.41, 5.74) is 0. The molecule has 0 radical (unpaired) electrons. The second kappa shape index (κ2) is 3.80. The van der Waals surface area contributed by atoms with Gasteiger partial charge in [-0.2, -0.15) is 0 Å². The fraction of sp³-hybridized carbons (Fsp3) is 0.0909. The quantitative estimate of drug-likeness (QED) is 0.823. The van der Waals surface area contributed by atoms with Gasteiger partial charge in [-0.15, -0.1) is 0 Å². The molecule has 15 heavy (non-hydrogen) atoms. The van der Waals surface area contributed by atoms with E-state index in [2.05, 4.69) is 0 Å². The molecule has 4 heteroatoms. The summed E-state index contributed by atoms with van der Waals surface area (Å²) in [7, 11) is 1.55. The smallest absolute Gasteiger partial charge is 0.138 e. The maximum atomic E-state index is 9.43. The molecule has 0 saturated carbocycles. The maximum absolute atomic E-state index is 9.43. The number of hydrogen-bond donors (Lipinski definition) is 1. The summed E-state index contributed by atoms with van der Waals surface area (Å²) >= 11 is 12.0. The number of aromatic hydroxyl groups is 1. The van der Waals surface area contributed by atoms with Crippen LogP contribution in [0.15, 0.2) is 24.3 Å². The lowest BCUT2D eigenvalue weighted by molar-refractivity contribution is 0.415. The van der Waals surface area contributed by atoms with Crippen LogP contribution < -0.4 is 4.74 Å². The minimum absolute atomic E-state index is 0.0467. The van der Waals surface area contributed by atoms with Crippen molar-refractivity contribution in [2.45, 2.75) is 0 Å². The number of phenolic OH excluding ortho intramolecular Hbond substituents is 1. The molecule has 2 rings (SSSR count). The Kier molecular flexibility index (Phi) is 2.63. The van der Waals surface area contributed by atoms with Gasteiger partial charge in [0.15, 0.2) is 0 Å². The highest BCUT2D eigenvalue weighted by Crippen LogP contribution is 2.39. The number of benzene rings is 2. The van der Waals surface area contributed by atoms with Gasteiger partial charge in [0.2, 0.25) is 0 Å². The third-order valence-corrected chi connectivity index (χ3v) is 3.02. The molecule has 2 nitrogen and oxygen atoms in total. The van der Waals surface area contributed by atoms with Gasteiger partial charge < -0.3 is 9.84 Å². The van der Waals surface area contributed by atoms with E-state index in [4.69, 9.17) is 27.9 Å². The molecular formula is C11H8Cl2O2. The monoisotopic (exact) mass is 242 g/mol. The fourth-order valence-corrected chi connectivity index (χ4v) is 1.99. The summed E-state index contributed by atoms with van der Waals surface area (Å²) in [5, 5.41) is 11.7. The Morgan fingerprint density at radius 3 is 2.27 bits per heavy atom. The van der Waals surface area contributed by atoms with E-state index in [-0.39, 0.29) is 5.75 Å². The second-order valence-corrected chi connectivity index (χ2v) is 3.83. The van der Waals surface area contributed by atoms with Gasteiger partial charge in [0.1, 0.15) is 11.5 Å². The summed E-state index contributed by atoms with van der Waals surface area (Å²) in [6.07, 6.45) is 0. The summed E-state index contributed by atoms with van der Waals surface area (Å²) in [6.45, 7) is 0. The van der Waals surface area contributed by atoms with Crippen molar-refractivity contribution in [3.8, 4) is 11.5 Å². The molecule has 0 aliphatic heterocycles. The Labute approximate surface area is 97.0 Å². The molecule has 78 valence electrons. The average molecular weight is 243 g/mol. The molecule has 0 spiro atoms. The molecule has 0 heterocycles. The summed E-state index contributed by atoms with van der Waals surface area (Å²) in [5.74, 6) is 0.635. The largest absolute Gasteiger partial charge is 0.506 e. The van der Waals surface area contributed by atoms with Crippen LogP contribution in [0.3, 0.4) is 0 Å². The Balaban J connectivity index is 2.85. The normalized spacial score (nSPS) is 10.6. The highest BCUT2D eigenvalue weighted by molar-refractivity contribution is 6.41. The third-order valence-electron chi connectivity index (χ3n) is 2.23. The zero-order chi connectivity index (χ0) is 11.0. The van der Waals surface area contributed by atoms with E-state index in [0.717, 1.165) is 5.39 Å². The summed E-state index contributed by atoms with van der Waals surface area (Å²) in [4.78, 5) is 0. The van der Waals surface area contributed by atoms with Crippen molar-refractivity contribution >= 4 is 34.0 Å². The van der Waals surface area contributed by atoms with Gasteiger partial charge in [-0.3, -0.25) is 0 Å². The van der Waals surface area contributed by atoms with Crippen molar-refractivity contribution in [1.29, 1.82) is 0 Å². The van der Waals surface area contributed by atoms with Gasteiger partial charge in [-0.05, 0) is 24.3 Å². The number of hydrogen-bond acceptors (Lipinski definition) is 2. The van der Waals surface area contributed by atoms with E-state index < -0.39 is 0 Å². The topological polar surface area (TPSA) is 29.5 Å². The zero-order valence-electron chi connectivity index (χ0n) is 7.92. The first-order chi connectivity index (χ1) is 7.15. The highest BCUT2D eigenvalue weighted by atomic mass is 35.5. The van der Waals surface area contributed by atoms with Crippen molar-refractivity contribution in [2.75, 3.05) is 7.11 Å². The van der Waals surface area contributed by atoms with Crippen molar-refractivity contribution in [3.63, 3.8) is 0 Å². The van der Waals surface area contributed by atoms with Crippen LogP contribution in [0.25, 0.3) is 10.8 Å². The minimum Gasteiger partial charge on any atom is -0.506 e. The van der Waals surface area contributed by atoms with Gasteiger partial charge in [-0.25, -0.2) is 0 Å². The predicted octanol–water partition coefficient (Wildman–Crippen LogP) is 3.86. The molecule has 2 aromatic carbocycles. The van der Waals surface area contributed by atoms with E-state index >= 15 is 0 Å². The first-order valence-electron chi connectivity index (χ1n) is 4.29. The molecule has 2 aromatic rings. The van der Waals surface area contributed by atoms with Gasteiger partial charge in [0.25, 0.3) is 0 Å². The number of halogens is 2. The van der Waals surface area contributed by atoms with Crippen LogP contribution in [0.1, 0.15) is 0 Å². The number of fused-ring (bicyclic) bond motifs is 1. The van der Waals surface area contributed by atoms with Gasteiger partial charge in [0, 0.05) is 10.8 Å². The SMILES string of the molecule is COc1ccc2c(Cl)c(O)ccc2c1Cl. The third kappa shape index (κ3) is 1.60. The van der Waals surface area contributed by atoms with Crippen LogP contribution in [0.4, 0.5) is 0 Å². The standard InChI is InChI=1S/C11H8Cl2O2/c1-15-9-5-3-6-7(11(9)13)2-4-8(14)10(6)12/h2-5,14H,1H3. The van der Waals surface area contributed by atoms with Gasteiger partial charge in [-0.1, -0.05) is 23.2 Å². The molecule has 0 unspecified atom stereocenters. The molecule has 1 N–H and O–H groups in total. The predicted molar refractivity (Wildman–Crippen MR) is 62.2 cm³/mol. The van der Waals surface area contributed by atoms with Crippen LogP contribution in [0, 0.1) is 0 Å². The number of rotatable bonds is 1. The number of ether oxygens (including phenoxy) is 1. The van der Waals surface area contributed by atoms with E-state index in [1.165, 1.54) is 6.07 Å². The Bertz CT molecular complexity index is 523. The lowest BCUT2D eigenvalue weighted by Gasteiger charge is -2.08. The lowest BCUT2D eigenvalue weighted by Crippen LogP contribution is -1.85. The summed E-state index contributed by atoms with van der Waals surface area (Å²) in [6, 6.07) is 6.70. The number of phenols is 1. The summed E-state index contributed by atoms with van der Waals surface area (Å²) < 4.78 is 5.09. The van der Waals surface area contributed by atoms with Crippen LogP contribution in [0.5, 0.6) is 11.5 Å². The van der Waals surface area contributed by atoms with E-state index in [1.807, 2.05) is 0 Å². The maximum Gasteiger partial charge on any atom is 0.138 e. The van der Waals surface area contributed by atoms with Crippen molar-refractivity contribution in [2.24, 2.45) is 0 Å². The minimum atomic E-state index is 0.0467. The molecule has 0 fully saturated rings. The Morgan fingerprint density at radius 2 is 1.60 bits per heavy atom. The second-order valence-electron chi connectivity index (χ2n) is 3.08. The number of methoxy groups -OCH3 is 1.